The van der Waals surface area contributed by atoms with Gasteiger partial charge in [0.2, 0.25) is 53.2 Å². The van der Waals surface area contributed by atoms with Crippen molar-refractivity contribution in [2.45, 2.75) is 341 Å². The fourth-order valence-corrected chi connectivity index (χ4v) is 15.9. The second-order valence-corrected chi connectivity index (χ2v) is 35.6. The van der Waals surface area contributed by atoms with Gasteiger partial charge in [-0.1, -0.05) is 51.4 Å². The van der Waals surface area contributed by atoms with Gasteiger partial charge < -0.3 is 147 Å². The van der Waals surface area contributed by atoms with Crippen molar-refractivity contribution in [3.8, 4) is 0 Å². The van der Waals surface area contributed by atoms with Crippen molar-refractivity contribution in [2.24, 2.45) is 0 Å². The van der Waals surface area contributed by atoms with Crippen LogP contribution >= 0.6 is 7.82 Å². The summed E-state index contributed by atoms with van der Waals surface area (Å²) in [5, 5.41) is 22.4. The first kappa shape index (κ1) is 123. The molecule has 0 spiro atoms. The zero-order chi connectivity index (χ0) is 104. The number of esters is 9. The van der Waals surface area contributed by atoms with Crippen LogP contribution in [0.25, 0.3) is 0 Å². The molecule has 4 saturated heterocycles. The van der Waals surface area contributed by atoms with Crippen LogP contribution in [-0.2, 0) is 185 Å². The molecule has 0 saturated carbocycles. The third-order valence-electron chi connectivity index (χ3n) is 21.7. The van der Waals surface area contributed by atoms with E-state index in [0.29, 0.717) is 116 Å². The van der Waals surface area contributed by atoms with E-state index in [4.69, 9.17) is 89.8 Å². The summed E-state index contributed by atoms with van der Waals surface area (Å²) < 4.78 is 124. The van der Waals surface area contributed by atoms with E-state index in [1.807, 2.05) is 0 Å². The number of ether oxygens (including phenoxy) is 18. The van der Waals surface area contributed by atoms with E-state index < -0.39 is 232 Å². The SMILES string of the molecule is COP(=O)([O-])OCCCCCCNC(=O)CCCC(=O)N1CCCC1C(=O)NC(COCCC(=O)NCCCCCCOC1OC(COC(C)=O)C(OC(C)=O)C(OC(C)=O)C1NC(C)=O)(COCCC(=O)NCCCCCCOC1OC(COC(C)=O)C(OC(C)=O)C(OC(C)=O)C1NC(C)=O)COCCC(=O)NCCCCCCOC1OC(COC(C)=O)C(OC(C)=O)C(OC(C)=O)C1NC(C)=O. The van der Waals surface area contributed by atoms with Crippen LogP contribution in [0.4, 0.5) is 0 Å². The van der Waals surface area contributed by atoms with Crippen molar-refractivity contribution >= 4 is 115 Å². The van der Waals surface area contributed by atoms with Gasteiger partial charge in [0.05, 0.1) is 46.2 Å². The molecule has 9 amide bonds. The summed E-state index contributed by atoms with van der Waals surface area (Å²) in [7, 11) is -3.34. The van der Waals surface area contributed by atoms with E-state index in [2.05, 4.69) is 47.1 Å². The van der Waals surface area contributed by atoms with Gasteiger partial charge in [0, 0.05) is 175 Å². The summed E-state index contributed by atoms with van der Waals surface area (Å²) in [4.78, 5) is 242. The average molecular weight is 2030 g/mol. The molecule has 17 atom stereocenters. The van der Waals surface area contributed by atoms with Crippen LogP contribution in [0.1, 0.15) is 237 Å². The van der Waals surface area contributed by atoms with Crippen molar-refractivity contribution in [1.82, 2.24) is 47.4 Å². The number of phosphoric acid groups is 1. The van der Waals surface area contributed by atoms with Crippen molar-refractivity contribution in [3.05, 3.63) is 0 Å². The zero-order valence-corrected chi connectivity index (χ0v) is 83.6. The number of carbonyl (C=O) groups is 18. The van der Waals surface area contributed by atoms with Crippen LogP contribution in [0, 0.1) is 0 Å². The summed E-state index contributed by atoms with van der Waals surface area (Å²) in [6.07, 6.45) is -6.22. The molecule has 4 rings (SSSR count). The minimum atomic E-state index is -4.34. The van der Waals surface area contributed by atoms with Crippen molar-refractivity contribution in [3.63, 3.8) is 0 Å². The number of nitrogens with zero attached hydrogens (tertiary/aromatic N) is 1. The molecular formula is C90H147N9O40P-. The largest absolute Gasteiger partial charge is 0.756 e. The van der Waals surface area contributed by atoms with Crippen LogP contribution < -0.4 is 47.4 Å². The van der Waals surface area contributed by atoms with Gasteiger partial charge >= 0.3 is 53.7 Å². The number of unbranched alkanes of at least 4 members (excludes halogenated alkanes) is 12. The third-order valence-corrected chi connectivity index (χ3v) is 22.7. The number of phosphoric ester groups is 1. The van der Waals surface area contributed by atoms with E-state index >= 15 is 0 Å². The Kier molecular flexibility index (Phi) is 59.2. The molecule has 0 aliphatic carbocycles. The Morgan fingerprint density at radius 2 is 0.650 bits per heavy atom. The minimum Gasteiger partial charge on any atom is -0.756 e. The Labute approximate surface area is 815 Å². The number of rotatable bonds is 69. The lowest BCUT2D eigenvalue weighted by molar-refractivity contribution is -0.277. The molecule has 0 aromatic carbocycles. The van der Waals surface area contributed by atoms with Gasteiger partial charge in [-0.25, -0.2) is 0 Å². The molecular weight excluding hydrogens is 1880 g/mol. The van der Waals surface area contributed by atoms with Gasteiger partial charge in [-0.05, 0) is 70.6 Å². The second-order valence-electron chi connectivity index (χ2n) is 34.1. The molecule has 8 N–H and O–H groups in total. The molecule has 50 heteroatoms. The molecule has 0 bridgehead atoms. The molecule has 0 radical (unpaired) electrons. The Bertz CT molecular complexity index is 3670. The topological polar surface area (TPSA) is 631 Å². The van der Waals surface area contributed by atoms with Gasteiger partial charge in [-0.15, -0.1) is 0 Å². The number of amides is 9. The van der Waals surface area contributed by atoms with Gasteiger partial charge in [-0.3, -0.25) is 90.9 Å². The number of carbonyl (C=O) groups excluding carboxylic acids is 18. The Balaban J connectivity index is 1.49. The monoisotopic (exact) mass is 2020 g/mol. The van der Waals surface area contributed by atoms with Crippen molar-refractivity contribution in [1.29, 1.82) is 0 Å². The van der Waals surface area contributed by atoms with E-state index in [-0.39, 0.29) is 143 Å². The number of hydrogen-bond acceptors (Lipinski definition) is 40. The van der Waals surface area contributed by atoms with Crippen LogP contribution in [0.2, 0.25) is 0 Å². The van der Waals surface area contributed by atoms with Crippen LogP contribution in [0.15, 0.2) is 0 Å². The average Bonchev–Trinajstić information content (AvgIpc) is 1.03. The van der Waals surface area contributed by atoms with E-state index in [0.717, 1.165) is 69.4 Å². The lowest BCUT2D eigenvalue weighted by atomic mass is 9.96. The highest BCUT2D eigenvalue weighted by molar-refractivity contribution is 7.45. The summed E-state index contributed by atoms with van der Waals surface area (Å²) in [6.45, 7) is 12.2. The normalized spacial score (nSPS) is 22.9. The van der Waals surface area contributed by atoms with Gasteiger partial charge in [-0.2, -0.15) is 0 Å². The third kappa shape index (κ3) is 50.7. The first-order valence-corrected chi connectivity index (χ1v) is 49.0. The first-order chi connectivity index (χ1) is 66.5. The van der Waals surface area contributed by atoms with Gasteiger partial charge in [0.25, 0.3) is 7.82 Å². The summed E-state index contributed by atoms with van der Waals surface area (Å²) in [5.74, 6) is -10.8. The first-order valence-electron chi connectivity index (χ1n) is 47.5. The summed E-state index contributed by atoms with van der Waals surface area (Å²) in [5.41, 5.74) is -1.65. The number of nitrogens with one attached hydrogen (secondary N) is 8. The zero-order valence-electron chi connectivity index (χ0n) is 82.7. The summed E-state index contributed by atoms with van der Waals surface area (Å²) in [6, 6.07) is -4.51. The highest BCUT2D eigenvalue weighted by Crippen LogP contribution is 2.37. The van der Waals surface area contributed by atoms with Crippen LogP contribution in [0.5, 0.6) is 0 Å². The van der Waals surface area contributed by atoms with E-state index in [1.54, 1.807) is 0 Å². The molecule has 0 aromatic heterocycles. The second kappa shape index (κ2) is 67.6. The fraction of sp³-hybridized carbons (Fsp3) is 0.800. The maximum Gasteiger partial charge on any atom is 0.303 e. The molecule has 4 heterocycles. The standard InChI is InChI=1S/C90H148N9O40P/c1-56(100)95-77-83(134-65(10)109)80(131-62(7)106)69(50-127-59(4)103)137-87(77)124-43-26-18-14-22-39-92-73(113)35-47-121-53-90(98-86(117)68-32-31-42-99(68)76(116)34-30-33-72(112)91-38-25-17-21-29-46-130-140(118,119)120-13,54-122-48-36-74(114)93-40-23-15-19-27-44-125-88-78(96-57(2)101)84(135-66(11)110)81(132-63(8)107)70(138-88)51-128-60(5)104)55-123-49-37-75(115)94-41-24-16-20-28-45-126-89-79(97-58(3)102)85(136-67(12)111)82(133-64(9)108)71(139-89)52-129-61(6)105/h68-71,77-85,87-89H,14-55H2,1-13H3,(H,91,112)(H,92,113)(H,93,114)(H,94,115)(H,95,100)(H,96,101)(H,97,102)(H,98,117)(H,118,119)/p-1. The van der Waals surface area contributed by atoms with Crippen molar-refractivity contribution < 1.29 is 190 Å². The maximum absolute atomic E-state index is 15.0. The summed E-state index contributed by atoms with van der Waals surface area (Å²) >= 11 is 0. The Hall–Kier alpha value is -9.79. The minimum absolute atomic E-state index is 0.000190. The van der Waals surface area contributed by atoms with E-state index in [9.17, 15) is 95.8 Å². The van der Waals surface area contributed by atoms with Crippen molar-refractivity contribution in [2.75, 3.05) is 126 Å². The van der Waals surface area contributed by atoms with E-state index in [1.165, 1.54) is 25.7 Å². The number of hydrogen-bond donors (Lipinski definition) is 8. The molecule has 798 valence electrons. The lowest BCUT2D eigenvalue weighted by Gasteiger charge is -2.44. The Morgan fingerprint density at radius 3 is 0.943 bits per heavy atom. The van der Waals surface area contributed by atoms with Gasteiger partial charge in [0.15, 0.2) is 55.5 Å². The maximum atomic E-state index is 15.0. The van der Waals surface area contributed by atoms with Crippen LogP contribution in [-0.4, -0.2) is 341 Å². The molecule has 49 nitrogen and oxygen atoms in total. The molecule has 4 fully saturated rings. The smallest absolute Gasteiger partial charge is 0.303 e. The highest BCUT2D eigenvalue weighted by atomic mass is 31.2. The predicted octanol–water partition coefficient (Wildman–Crippen LogP) is 1.08. The molecule has 0 aromatic rings. The molecule has 4 aliphatic heterocycles. The Morgan fingerprint density at radius 1 is 0.357 bits per heavy atom. The highest BCUT2D eigenvalue weighted by Gasteiger charge is 2.55. The van der Waals surface area contributed by atoms with Crippen LogP contribution in [0.3, 0.4) is 0 Å². The quantitative estimate of drug-likeness (QED) is 0.0183. The van der Waals surface area contributed by atoms with Gasteiger partial charge in [0.1, 0.15) is 67.8 Å². The lowest BCUT2D eigenvalue weighted by Crippen LogP contribution is -2.66. The predicted molar refractivity (Wildman–Crippen MR) is 482 cm³/mol. The molecule has 4 aliphatic rings. The fourth-order valence-electron chi connectivity index (χ4n) is 15.5. The molecule has 17 unspecified atom stereocenters. The number of likely N-dealkylation sites (tertiary alicyclic amines) is 1. The molecule has 140 heavy (non-hydrogen) atoms.